The predicted octanol–water partition coefficient (Wildman–Crippen LogP) is 3.04. The van der Waals surface area contributed by atoms with Crippen molar-refractivity contribution < 1.29 is 9.53 Å². The van der Waals surface area contributed by atoms with E-state index < -0.39 is 0 Å². The number of amides is 1. The van der Waals surface area contributed by atoms with Gasteiger partial charge in [0.2, 0.25) is 0 Å². The zero-order chi connectivity index (χ0) is 18.5. The van der Waals surface area contributed by atoms with E-state index >= 15 is 0 Å². The molecule has 1 fully saturated rings. The lowest BCUT2D eigenvalue weighted by molar-refractivity contribution is 0.0332. The van der Waals surface area contributed by atoms with Crippen molar-refractivity contribution in [2.75, 3.05) is 32.8 Å². The Hall–Kier alpha value is -2.76. The zero-order valence-corrected chi connectivity index (χ0v) is 15.2. The number of ether oxygens (including phenoxy) is 1. The molecule has 5 heteroatoms. The van der Waals surface area contributed by atoms with Crippen molar-refractivity contribution in [2.45, 2.75) is 6.04 Å². The molecule has 138 valence electrons. The molecule has 27 heavy (non-hydrogen) atoms. The van der Waals surface area contributed by atoms with Crippen LogP contribution in [0.5, 0.6) is 0 Å². The van der Waals surface area contributed by atoms with Crippen molar-refractivity contribution in [2.24, 2.45) is 0 Å². The first kappa shape index (κ1) is 17.6. The molecule has 0 saturated carbocycles. The quantitative estimate of drug-likeness (QED) is 0.759. The van der Waals surface area contributed by atoms with Crippen molar-refractivity contribution in [3.63, 3.8) is 0 Å². The van der Waals surface area contributed by atoms with Gasteiger partial charge >= 0.3 is 0 Å². The summed E-state index contributed by atoms with van der Waals surface area (Å²) < 4.78 is 5.44. The van der Waals surface area contributed by atoms with Crippen LogP contribution < -0.4 is 5.32 Å². The fourth-order valence-electron chi connectivity index (χ4n) is 3.39. The molecule has 0 aliphatic carbocycles. The van der Waals surface area contributed by atoms with Gasteiger partial charge in [-0.3, -0.25) is 9.69 Å². The number of fused-ring (bicyclic) bond motifs is 1. The molecular formula is C22H23N3O2. The van der Waals surface area contributed by atoms with Crippen LogP contribution in [-0.4, -0.2) is 48.6 Å². The number of pyridine rings is 1. The van der Waals surface area contributed by atoms with Gasteiger partial charge in [-0.05, 0) is 17.7 Å². The molecule has 0 radical (unpaired) electrons. The minimum Gasteiger partial charge on any atom is -0.379 e. The van der Waals surface area contributed by atoms with Crippen LogP contribution in [0.1, 0.15) is 22.1 Å². The molecule has 0 bridgehead atoms. The summed E-state index contributed by atoms with van der Waals surface area (Å²) in [5.41, 5.74) is 2.37. The molecule has 1 aromatic heterocycles. The van der Waals surface area contributed by atoms with Crippen LogP contribution in [0.3, 0.4) is 0 Å². The second-order valence-electron chi connectivity index (χ2n) is 6.74. The smallest absolute Gasteiger partial charge is 0.270 e. The number of rotatable bonds is 5. The highest BCUT2D eigenvalue weighted by molar-refractivity contribution is 5.95. The van der Waals surface area contributed by atoms with E-state index in [0.717, 1.165) is 49.3 Å². The van der Waals surface area contributed by atoms with Crippen LogP contribution >= 0.6 is 0 Å². The molecule has 1 atom stereocenters. The van der Waals surface area contributed by atoms with Gasteiger partial charge in [0.25, 0.3) is 5.91 Å². The van der Waals surface area contributed by atoms with Crippen LogP contribution in [0.25, 0.3) is 10.9 Å². The van der Waals surface area contributed by atoms with Gasteiger partial charge in [-0.1, -0.05) is 54.6 Å². The number of para-hydroxylation sites is 1. The molecule has 1 N–H and O–H groups in total. The Kier molecular flexibility index (Phi) is 5.42. The number of hydrogen-bond acceptors (Lipinski definition) is 4. The molecule has 1 amide bonds. The second kappa shape index (κ2) is 8.29. The highest BCUT2D eigenvalue weighted by Crippen LogP contribution is 2.17. The third kappa shape index (κ3) is 4.32. The third-order valence-corrected chi connectivity index (χ3v) is 4.88. The summed E-state index contributed by atoms with van der Waals surface area (Å²) in [6.45, 7) is 4.00. The van der Waals surface area contributed by atoms with Crippen molar-refractivity contribution in [3.05, 3.63) is 78.0 Å². The molecule has 2 aromatic carbocycles. The minimum atomic E-state index is -0.150. The van der Waals surface area contributed by atoms with Gasteiger partial charge in [0.1, 0.15) is 5.69 Å². The van der Waals surface area contributed by atoms with Gasteiger partial charge in [0.15, 0.2) is 0 Å². The molecule has 0 spiro atoms. The minimum absolute atomic E-state index is 0.0925. The SMILES string of the molecule is O=C(N[C@@H](CN1CCOCC1)c1ccccc1)c1ccc2ccccc2n1. The summed E-state index contributed by atoms with van der Waals surface area (Å²) in [5.74, 6) is -0.150. The van der Waals surface area contributed by atoms with Gasteiger partial charge < -0.3 is 10.1 Å². The lowest BCUT2D eigenvalue weighted by Crippen LogP contribution is -2.43. The van der Waals surface area contributed by atoms with E-state index in [1.54, 1.807) is 6.07 Å². The maximum atomic E-state index is 12.9. The van der Waals surface area contributed by atoms with Gasteiger partial charge in [-0.2, -0.15) is 0 Å². The molecule has 1 aliphatic rings. The van der Waals surface area contributed by atoms with E-state index in [0.29, 0.717) is 5.69 Å². The normalized spacial score (nSPS) is 16.1. The monoisotopic (exact) mass is 361 g/mol. The lowest BCUT2D eigenvalue weighted by atomic mass is 10.1. The maximum Gasteiger partial charge on any atom is 0.270 e. The summed E-state index contributed by atoms with van der Waals surface area (Å²) in [6.07, 6.45) is 0. The summed E-state index contributed by atoms with van der Waals surface area (Å²) in [6, 6.07) is 21.6. The molecule has 2 heterocycles. The van der Waals surface area contributed by atoms with Crippen LogP contribution in [0.15, 0.2) is 66.7 Å². The van der Waals surface area contributed by atoms with E-state index in [1.165, 1.54) is 0 Å². The molecule has 0 unspecified atom stereocenters. The highest BCUT2D eigenvalue weighted by atomic mass is 16.5. The predicted molar refractivity (Wildman–Crippen MR) is 106 cm³/mol. The van der Waals surface area contributed by atoms with Crippen molar-refractivity contribution in [1.29, 1.82) is 0 Å². The Morgan fingerprint density at radius 2 is 1.74 bits per heavy atom. The van der Waals surface area contributed by atoms with E-state index in [1.807, 2.05) is 48.5 Å². The molecule has 3 aromatic rings. The van der Waals surface area contributed by atoms with Gasteiger partial charge in [0.05, 0.1) is 24.8 Å². The number of carbonyl (C=O) groups is 1. The third-order valence-electron chi connectivity index (χ3n) is 4.88. The van der Waals surface area contributed by atoms with E-state index in [9.17, 15) is 4.79 Å². The highest BCUT2D eigenvalue weighted by Gasteiger charge is 2.21. The number of nitrogens with zero attached hydrogens (tertiary/aromatic N) is 2. The van der Waals surface area contributed by atoms with Gasteiger partial charge in [0, 0.05) is 25.0 Å². The Balaban J connectivity index is 1.54. The van der Waals surface area contributed by atoms with Crippen molar-refractivity contribution in [1.82, 2.24) is 15.2 Å². The van der Waals surface area contributed by atoms with Crippen molar-refractivity contribution >= 4 is 16.8 Å². The zero-order valence-electron chi connectivity index (χ0n) is 15.2. The number of benzene rings is 2. The van der Waals surface area contributed by atoms with Gasteiger partial charge in [-0.15, -0.1) is 0 Å². The average molecular weight is 361 g/mol. The number of nitrogens with one attached hydrogen (secondary N) is 1. The van der Waals surface area contributed by atoms with Gasteiger partial charge in [-0.25, -0.2) is 4.98 Å². The first-order chi connectivity index (χ1) is 13.3. The maximum absolute atomic E-state index is 12.9. The second-order valence-corrected chi connectivity index (χ2v) is 6.74. The number of aromatic nitrogens is 1. The number of morpholine rings is 1. The fraction of sp³-hybridized carbons (Fsp3) is 0.273. The number of carbonyl (C=O) groups excluding carboxylic acids is 1. The first-order valence-corrected chi connectivity index (χ1v) is 9.31. The largest absolute Gasteiger partial charge is 0.379 e. The Morgan fingerprint density at radius 1 is 1.00 bits per heavy atom. The van der Waals surface area contributed by atoms with E-state index in [4.69, 9.17) is 4.74 Å². The fourth-order valence-corrected chi connectivity index (χ4v) is 3.39. The van der Waals surface area contributed by atoms with Crippen LogP contribution in [0.4, 0.5) is 0 Å². The van der Waals surface area contributed by atoms with Crippen LogP contribution in [0, 0.1) is 0 Å². The number of hydrogen-bond donors (Lipinski definition) is 1. The summed E-state index contributed by atoms with van der Waals surface area (Å²) in [5, 5.41) is 4.21. The van der Waals surface area contributed by atoms with E-state index in [2.05, 4.69) is 27.3 Å². The summed E-state index contributed by atoms with van der Waals surface area (Å²) in [4.78, 5) is 19.7. The van der Waals surface area contributed by atoms with Crippen molar-refractivity contribution in [3.8, 4) is 0 Å². The standard InChI is InChI=1S/C22H23N3O2/c26-22(20-11-10-18-8-4-5-9-19(18)23-20)24-21(17-6-2-1-3-7-17)16-25-12-14-27-15-13-25/h1-11,21H,12-16H2,(H,24,26)/t21-/m0/s1. The van der Waals surface area contributed by atoms with Crippen LogP contribution in [-0.2, 0) is 4.74 Å². The summed E-state index contributed by atoms with van der Waals surface area (Å²) >= 11 is 0. The Bertz CT molecular complexity index is 908. The molecular weight excluding hydrogens is 338 g/mol. The molecule has 4 rings (SSSR count). The average Bonchev–Trinajstić information content (AvgIpc) is 2.74. The summed E-state index contributed by atoms with van der Waals surface area (Å²) in [7, 11) is 0. The Morgan fingerprint density at radius 3 is 2.56 bits per heavy atom. The van der Waals surface area contributed by atoms with Crippen LogP contribution in [0.2, 0.25) is 0 Å². The lowest BCUT2D eigenvalue weighted by Gasteiger charge is -2.31. The first-order valence-electron chi connectivity index (χ1n) is 9.31. The Labute approximate surface area is 159 Å². The van der Waals surface area contributed by atoms with E-state index in [-0.39, 0.29) is 11.9 Å². The topological polar surface area (TPSA) is 54.5 Å². The molecule has 1 saturated heterocycles. The molecule has 1 aliphatic heterocycles. The molecule has 5 nitrogen and oxygen atoms in total.